The highest BCUT2D eigenvalue weighted by Gasteiger charge is 2.32. The first-order valence-electron chi connectivity index (χ1n) is 15.0. The van der Waals surface area contributed by atoms with Crippen molar-refractivity contribution in [1.82, 2.24) is 19.3 Å². The molecule has 0 fully saturated rings. The molecule has 0 saturated carbocycles. The van der Waals surface area contributed by atoms with E-state index < -0.39 is 10.8 Å². The van der Waals surface area contributed by atoms with Crippen LogP contribution in [-0.4, -0.2) is 67.2 Å². The molecule has 44 heavy (non-hydrogen) atoms. The summed E-state index contributed by atoms with van der Waals surface area (Å²) in [5, 5.41) is 8.58. The molecule has 0 aliphatic carbocycles. The van der Waals surface area contributed by atoms with E-state index in [1.54, 1.807) is 15.1 Å². The number of para-hydroxylation sites is 1. The lowest BCUT2D eigenvalue weighted by atomic mass is 9.84. The number of aromatic nitrogens is 3. The topological polar surface area (TPSA) is 130 Å². The zero-order chi connectivity index (χ0) is 31.8. The molecular weight excluding hydrogens is 576 g/mol. The maximum Gasteiger partial charge on any atom is 0.306 e. The van der Waals surface area contributed by atoms with Crippen LogP contribution in [0.25, 0.3) is 11.0 Å². The Labute approximate surface area is 261 Å². The molecule has 0 spiro atoms. The molecular formula is C33H44N6O4S. The highest BCUT2D eigenvalue weighted by Crippen LogP contribution is 2.56. The number of hydrogen-bond acceptors (Lipinski definition) is 9. The van der Waals surface area contributed by atoms with Crippen LogP contribution in [0.3, 0.4) is 0 Å². The van der Waals surface area contributed by atoms with Gasteiger partial charge in [0.2, 0.25) is 0 Å². The molecule has 1 aromatic heterocycles. The number of ether oxygens (including phenoxy) is 1. The molecule has 2 heterocycles. The molecule has 11 heteroatoms. The summed E-state index contributed by atoms with van der Waals surface area (Å²) in [6, 6.07) is 17.4. The fourth-order valence-corrected chi connectivity index (χ4v) is 7.43. The second-order valence-electron chi connectivity index (χ2n) is 12.2. The van der Waals surface area contributed by atoms with Crippen LogP contribution in [0.5, 0.6) is 0 Å². The third kappa shape index (κ3) is 6.33. The lowest BCUT2D eigenvalue weighted by molar-refractivity contribution is -0.144. The zero-order valence-corrected chi connectivity index (χ0v) is 27.2. The van der Waals surface area contributed by atoms with Crippen molar-refractivity contribution >= 4 is 33.5 Å². The van der Waals surface area contributed by atoms with Gasteiger partial charge in [0.15, 0.2) is 0 Å². The van der Waals surface area contributed by atoms with Crippen LogP contribution >= 0.6 is 10.8 Å². The molecule has 2 atom stereocenters. The van der Waals surface area contributed by atoms with Gasteiger partial charge in [-0.3, -0.25) is 13.9 Å². The molecule has 0 radical (unpaired) electrons. The number of anilines is 1. The molecule has 4 aromatic rings. The zero-order valence-electron chi connectivity index (χ0n) is 26.4. The number of fused-ring (bicyclic) bond motifs is 2. The highest BCUT2D eigenvalue weighted by atomic mass is 32.3. The fourth-order valence-electron chi connectivity index (χ4n) is 5.73. The number of likely N-dealkylation sites (N-methyl/N-ethyl adjacent to an activating group) is 1. The van der Waals surface area contributed by atoms with Gasteiger partial charge in [-0.2, -0.15) is 4.31 Å². The standard InChI is InChI=1S/C33H44N6O4S/c1-21(2)28(34)20-43-32(40)18-27(26-13-14-30-33(23(26)4)35-36-38(30)6)24-12-11-22(3)25(17-24)19-39-16-15-37(5)29-9-7-8-10-31(29)44(39,41)42/h7-14,17,21,27-28,41-42H,15-16,18-20,34H2,1-6H3. The van der Waals surface area contributed by atoms with Crippen LogP contribution in [0, 0.1) is 19.8 Å². The summed E-state index contributed by atoms with van der Waals surface area (Å²) in [7, 11) is 0.593. The summed E-state index contributed by atoms with van der Waals surface area (Å²) in [5.41, 5.74) is 13.5. The van der Waals surface area contributed by atoms with E-state index in [-0.39, 0.29) is 36.9 Å². The second kappa shape index (κ2) is 12.9. The number of nitrogens with zero attached hydrogens (tertiary/aromatic N) is 5. The molecule has 10 nitrogen and oxygen atoms in total. The molecule has 0 amide bonds. The van der Waals surface area contributed by atoms with Gasteiger partial charge in [-0.1, -0.05) is 55.5 Å². The van der Waals surface area contributed by atoms with Crippen LogP contribution in [0.2, 0.25) is 0 Å². The third-order valence-electron chi connectivity index (χ3n) is 8.86. The molecule has 0 saturated heterocycles. The summed E-state index contributed by atoms with van der Waals surface area (Å²) < 4.78 is 32.3. The summed E-state index contributed by atoms with van der Waals surface area (Å²) in [4.78, 5) is 15.9. The Morgan fingerprint density at radius 3 is 2.57 bits per heavy atom. The number of aryl methyl sites for hydroxylation is 3. The van der Waals surface area contributed by atoms with Gasteiger partial charge in [0.05, 0.1) is 22.5 Å². The van der Waals surface area contributed by atoms with Crippen LogP contribution in [0.1, 0.15) is 54.0 Å². The molecule has 1 aliphatic heterocycles. The van der Waals surface area contributed by atoms with Gasteiger partial charge in [-0.25, -0.2) is 4.68 Å². The quantitative estimate of drug-likeness (QED) is 0.204. The van der Waals surface area contributed by atoms with E-state index in [0.29, 0.717) is 24.5 Å². The number of esters is 1. The van der Waals surface area contributed by atoms with Crippen molar-refractivity contribution in [3.05, 3.63) is 82.4 Å². The Kier molecular flexibility index (Phi) is 9.33. The normalized spacial score (nSPS) is 17.3. The number of hydrogen-bond donors (Lipinski definition) is 3. The van der Waals surface area contributed by atoms with Crippen LogP contribution in [0.15, 0.2) is 59.5 Å². The Balaban J connectivity index is 1.51. The number of rotatable bonds is 9. The summed E-state index contributed by atoms with van der Waals surface area (Å²) in [6.07, 6.45) is 0.122. The average Bonchev–Trinajstić information content (AvgIpc) is 3.35. The molecule has 5 rings (SSSR count). The van der Waals surface area contributed by atoms with Crippen LogP contribution in [0.4, 0.5) is 5.69 Å². The van der Waals surface area contributed by atoms with Gasteiger partial charge < -0.3 is 15.4 Å². The van der Waals surface area contributed by atoms with Gasteiger partial charge in [-0.15, -0.1) is 15.9 Å². The van der Waals surface area contributed by atoms with E-state index in [1.165, 1.54) is 0 Å². The SMILES string of the molecule is Cc1ccc(C(CC(=O)OCC(N)C(C)C)c2ccc3c(nnn3C)c2C)cc1CN1CCN(C)c2ccccc2S1(O)O. The summed E-state index contributed by atoms with van der Waals surface area (Å²) in [6.45, 7) is 9.67. The maximum absolute atomic E-state index is 13.3. The lowest BCUT2D eigenvalue weighted by Crippen LogP contribution is -2.33. The maximum atomic E-state index is 13.3. The van der Waals surface area contributed by atoms with Crippen LogP contribution < -0.4 is 10.6 Å². The number of nitrogens with two attached hydrogens (primary N) is 1. The third-order valence-corrected chi connectivity index (χ3v) is 10.8. The monoisotopic (exact) mass is 620 g/mol. The number of benzene rings is 3. The average molecular weight is 621 g/mol. The van der Waals surface area contributed by atoms with Gasteiger partial charge in [0.1, 0.15) is 12.1 Å². The Bertz CT molecular complexity index is 1650. The molecule has 3 aromatic carbocycles. The summed E-state index contributed by atoms with van der Waals surface area (Å²) in [5.74, 6) is -0.453. The Hall–Kier alpha value is -3.48. The van der Waals surface area contributed by atoms with Gasteiger partial charge in [-0.05, 0) is 65.8 Å². The van der Waals surface area contributed by atoms with E-state index >= 15 is 0 Å². The minimum absolute atomic E-state index is 0.122. The van der Waals surface area contributed by atoms with E-state index in [2.05, 4.69) is 21.3 Å². The van der Waals surface area contributed by atoms with Crippen molar-refractivity contribution < 1.29 is 18.6 Å². The Morgan fingerprint density at radius 1 is 1.07 bits per heavy atom. The molecule has 1 aliphatic rings. The lowest BCUT2D eigenvalue weighted by Gasteiger charge is -2.42. The first-order chi connectivity index (χ1) is 20.9. The van der Waals surface area contributed by atoms with Crippen molar-refractivity contribution in [3.8, 4) is 0 Å². The summed E-state index contributed by atoms with van der Waals surface area (Å²) >= 11 is 0. The van der Waals surface area contributed by atoms with Gasteiger partial charge >= 0.3 is 5.97 Å². The van der Waals surface area contributed by atoms with Gasteiger partial charge in [0, 0.05) is 45.7 Å². The smallest absolute Gasteiger partial charge is 0.306 e. The van der Waals surface area contributed by atoms with E-state index in [1.807, 2.05) is 84.3 Å². The number of carbonyl (C=O) groups excluding carboxylic acids is 1. The van der Waals surface area contributed by atoms with Crippen molar-refractivity contribution in [2.24, 2.45) is 18.7 Å². The van der Waals surface area contributed by atoms with Crippen molar-refractivity contribution in [1.29, 1.82) is 0 Å². The molecule has 236 valence electrons. The van der Waals surface area contributed by atoms with Gasteiger partial charge in [0.25, 0.3) is 0 Å². The fraction of sp³-hybridized carbons (Fsp3) is 0.424. The number of carbonyl (C=O) groups is 1. The first kappa shape index (κ1) is 31.9. The Morgan fingerprint density at radius 2 is 1.82 bits per heavy atom. The molecule has 2 unspecified atom stereocenters. The van der Waals surface area contributed by atoms with Crippen molar-refractivity contribution in [2.45, 2.75) is 57.5 Å². The van der Waals surface area contributed by atoms with E-state index in [9.17, 15) is 13.9 Å². The highest BCUT2D eigenvalue weighted by molar-refractivity contribution is 8.22. The van der Waals surface area contributed by atoms with Crippen molar-refractivity contribution in [3.63, 3.8) is 0 Å². The first-order valence-corrected chi connectivity index (χ1v) is 16.5. The van der Waals surface area contributed by atoms with Crippen LogP contribution in [-0.2, 0) is 23.1 Å². The molecule has 0 bridgehead atoms. The van der Waals surface area contributed by atoms with E-state index in [0.717, 1.165) is 44.5 Å². The minimum atomic E-state index is -3.23. The largest absolute Gasteiger partial charge is 0.464 e. The predicted molar refractivity (Wildman–Crippen MR) is 176 cm³/mol. The van der Waals surface area contributed by atoms with E-state index in [4.69, 9.17) is 10.5 Å². The second-order valence-corrected chi connectivity index (χ2v) is 14.2. The minimum Gasteiger partial charge on any atom is -0.464 e. The van der Waals surface area contributed by atoms with Crippen molar-refractivity contribution in [2.75, 3.05) is 31.6 Å². The molecule has 4 N–H and O–H groups in total. The predicted octanol–water partition coefficient (Wildman–Crippen LogP) is 5.61.